The number of imide groups is 1. The number of para-hydroxylation sites is 1. The van der Waals surface area contributed by atoms with Crippen molar-refractivity contribution in [2.24, 2.45) is 0 Å². The number of carbonyl (C=O) groups excluding carboxylic acids is 3. The van der Waals surface area contributed by atoms with Crippen molar-refractivity contribution in [3.63, 3.8) is 0 Å². The summed E-state index contributed by atoms with van der Waals surface area (Å²) in [5.74, 6) is -0.624. The van der Waals surface area contributed by atoms with Crippen LogP contribution in [0.4, 0.5) is 10.5 Å². The highest BCUT2D eigenvalue weighted by Crippen LogP contribution is 2.25. The number of anilines is 1. The molecule has 0 radical (unpaired) electrons. The van der Waals surface area contributed by atoms with Crippen LogP contribution in [-0.4, -0.2) is 47.3 Å². The van der Waals surface area contributed by atoms with E-state index < -0.39 is 12.1 Å². The van der Waals surface area contributed by atoms with Crippen LogP contribution < -0.4 is 4.90 Å². The SMILES string of the molecule is C[C@@H]1C(=O)N(CC(=O)N(C)Cc2ccsc2)C(=O)N1c1ccccc1. The van der Waals surface area contributed by atoms with E-state index in [-0.39, 0.29) is 18.4 Å². The van der Waals surface area contributed by atoms with E-state index >= 15 is 0 Å². The van der Waals surface area contributed by atoms with Gasteiger partial charge in [0.2, 0.25) is 5.91 Å². The number of likely N-dealkylation sites (N-methyl/N-ethyl adjacent to an activating group) is 1. The van der Waals surface area contributed by atoms with Gasteiger partial charge >= 0.3 is 6.03 Å². The van der Waals surface area contributed by atoms with Crippen LogP contribution in [0.3, 0.4) is 0 Å². The summed E-state index contributed by atoms with van der Waals surface area (Å²) in [7, 11) is 1.67. The maximum Gasteiger partial charge on any atom is 0.332 e. The largest absolute Gasteiger partial charge is 0.340 e. The lowest BCUT2D eigenvalue weighted by molar-refractivity contribution is -0.136. The second kappa shape index (κ2) is 7.06. The van der Waals surface area contributed by atoms with Gasteiger partial charge in [0, 0.05) is 19.3 Å². The van der Waals surface area contributed by atoms with Crippen molar-refractivity contribution in [1.29, 1.82) is 0 Å². The maximum atomic E-state index is 12.7. The zero-order chi connectivity index (χ0) is 18.0. The van der Waals surface area contributed by atoms with Crippen LogP contribution in [0.5, 0.6) is 0 Å². The first kappa shape index (κ1) is 17.2. The minimum absolute atomic E-state index is 0.244. The van der Waals surface area contributed by atoms with Gasteiger partial charge in [-0.05, 0) is 41.4 Å². The molecule has 0 bridgehead atoms. The maximum absolute atomic E-state index is 12.7. The summed E-state index contributed by atoms with van der Waals surface area (Å²) in [6, 6.07) is 9.87. The molecule has 4 amide bonds. The third kappa shape index (κ3) is 3.41. The second-order valence-corrected chi connectivity index (χ2v) is 6.75. The number of rotatable bonds is 5. The predicted molar refractivity (Wildman–Crippen MR) is 96.3 cm³/mol. The van der Waals surface area contributed by atoms with E-state index in [0.29, 0.717) is 12.2 Å². The van der Waals surface area contributed by atoms with Crippen molar-refractivity contribution in [2.75, 3.05) is 18.5 Å². The molecule has 1 aliphatic heterocycles. The van der Waals surface area contributed by atoms with Gasteiger partial charge in [0.25, 0.3) is 5.91 Å². The lowest BCUT2D eigenvalue weighted by atomic mass is 10.2. The normalized spacial score (nSPS) is 17.3. The number of carbonyl (C=O) groups is 3. The average molecular weight is 357 g/mol. The molecule has 0 spiro atoms. The average Bonchev–Trinajstić information content (AvgIpc) is 3.18. The Balaban J connectivity index is 1.71. The number of urea groups is 1. The Morgan fingerprint density at radius 3 is 2.56 bits per heavy atom. The molecule has 1 aromatic heterocycles. The smallest absolute Gasteiger partial charge is 0.332 e. The Kier molecular flexibility index (Phi) is 4.85. The summed E-state index contributed by atoms with van der Waals surface area (Å²) >= 11 is 1.56. The minimum Gasteiger partial charge on any atom is -0.340 e. The van der Waals surface area contributed by atoms with Gasteiger partial charge in [-0.15, -0.1) is 0 Å². The molecule has 0 unspecified atom stereocenters. The first-order chi connectivity index (χ1) is 12.0. The molecule has 130 valence electrons. The van der Waals surface area contributed by atoms with E-state index in [9.17, 15) is 14.4 Å². The van der Waals surface area contributed by atoms with Gasteiger partial charge in [0.05, 0.1) is 0 Å². The zero-order valence-corrected chi connectivity index (χ0v) is 14.9. The van der Waals surface area contributed by atoms with Crippen LogP contribution in [0.1, 0.15) is 12.5 Å². The van der Waals surface area contributed by atoms with E-state index in [1.807, 2.05) is 35.0 Å². The van der Waals surface area contributed by atoms with Gasteiger partial charge in [0.15, 0.2) is 0 Å². The first-order valence-electron chi connectivity index (χ1n) is 7.93. The Hall–Kier alpha value is -2.67. The molecule has 2 aromatic rings. The molecule has 7 heteroatoms. The third-order valence-electron chi connectivity index (χ3n) is 4.20. The summed E-state index contributed by atoms with van der Waals surface area (Å²) in [6.07, 6.45) is 0. The topological polar surface area (TPSA) is 60.9 Å². The fraction of sp³-hybridized carbons (Fsp3) is 0.278. The lowest BCUT2D eigenvalue weighted by Crippen LogP contribution is -2.42. The number of amides is 4. The fourth-order valence-corrected chi connectivity index (χ4v) is 3.45. The molecular formula is C18H19N3O3S. The molecular weight excluding hydrogens is 338 g/mol. The van der Waals surface area contributed by atoms with E-state index in [4.69, 9.17) is 0 Å². The zero-order valence-electron chi connectivity index (χ0n) is 14.1. The van der Waals surface area contributed by atoms with Crippen LogP contribution in [0, 0.1) is 0 Å². The van der Waals surface area contributed by atoms with E-state index in [0.717, 1.165) is 10.5 Å². The lowest BCUT2D eigenvalue weighted by Gasteiger charge is -2.21. The van der Waals surface area contributed by atoms with Crippen molar-refractivity contribution in [3.05, 3.63) is 52.7 Å². The van der Waals surface area contributed by atoms with E-state index in [1.54, 1.807) is 37.4 Å². The third-order valence-corrected chi connectivity index (χ3v) is 4.93. The molecule has 0 aliphatic carbocycles. The molecule has 6 nitrogen and oxygen atoms in total. The fourth-order valence-electron chi connectivity index (χ4n) is 2.79. The highest BCUT2D eigenvalue weighted by molar-refractivity contribution is 7.07. The van der Waals surface area contributed by atoms with Gasteiger partial charge < -0.3 is 4.90 Å². The minimum atomic E-state index is -0.620. The van der Waals surface area contributed by atoms with Crippen LogP contribution in [0.2, 0.25) is 0 Å². The standard InChI is InChI=1S/C18H19N3O3S/c1-13-17(23)20(18(24)21(13)15-6-4-3-5-7-15)11-16(22)19(2)10-14-8-9-25-12-14/h3-9,12-13H,10-11H2,1-2H3/t13-/m1/s1. The quantitative estimate of drug-likeness (QED) is 0.773. The van der Waals surface area contributed by atoms with Crippen molar-refractivity contribution in [2.45, 2.75) is 19.5 Å². The van der Waals surface area contributed by atoms with Crippen LogP contribution in [0.15, 0.2) is 47.2 Å². The summed E-state index contributed by atoms with van der Waals surface area (Å²) in [5, 5.41) is 3.91. The van der Waals surface area contributed by atoms with Crippen molar-refractivity contribution >= 4 is 34.9 Å². The molecule has 0 saturated carbocycles. The number of hydrogen-bond acceptors (Lipinski definition) is 4. The molecule has 1 aliphatic rings. The Labute approximate surface area is 150 Å². The van der Waals surface area contributed by atoms with Crippen molar-refractivity contribution in [1.82, 2.24) is 9.80 Å². The Morgan fingerprint density at radius 2 is 1.92 bits per heavy atom. The molecule has 25 heavy (non-hydrogen) atoms. The molecule has 1 atom stereocenters. The van der Waals surface area contributed by atoms with Crippen LogP contribution in [0.25, 0.3) is 0 Å². The summed E-state index contributed by atoms with van der Waals surface area (Å²) in [4.78, 5) is 41.5. The van der Waals surface area contributed by atoms with Gasteiger partial charge in [-0.25, -0.2) is 4.79 Å². The summed E-state index contributed by atoms with van der Waals surface area (Å²) in [6.45, 7) is 1.88. The number of thiophene rings is 1. The highest BCUT2D eigenvalue weighted by atomic mass is 32.1. The number of benzene rings is 1. The molecule has 2 heterocycles. The van der Waals surface area contributed by atoms with E-state index in [1.165, 1.54) is 9.80 Å². The number of nitrogens with zero attached hydrogens (tertiary/aromatic N) is 3. The van der Waals surface area contributed by atoms with Gasteiger partial charge in [-0.3, -0.25) is 19.4 Å². The van der Waals surface area contributed by atoms with Crippen molar-refractivity contribution < 1.29 is 14.4 Å². The summed E-state index contributed by atoms with van der Waals surface area (Å²) < 4.78 is 0. The second-order valence-electron chi connectivity index (χ2n) is 5.97. The Bertz CT molecular complexity index is 776. The van der Waals surface area contributed by atoms with Gasteiger partial charge in [-0.2, -0.15) is 11.3 Å². The molecule has 1 fully saturated rings. The van der Waals surface area contributed by atoms with E-state index in [2.05, 4.69) is 0 Å². The highest BCUT2D eigenvalue weighted by Gasteiger charge is 2.44. The predicted octanol–water partition coefficient (Wildman–Crippen LogP) is 2.56. The molecule has 0 N–H and O–H groups in total. The van der Waals surface area contributed by atoms with Crippen LogP contribution in [-0.2, 0) is 16.1 Å². The van der Waals surface area contributed by atoms with Crippen LogP contribution >= 0.6 is 11.3 Å². The van der Waals surface area contributed by atoms with Gasteiger partial charge in [-0.1, -0.05) is 18.2 Å². The molecule has 1 aromatic carbocycles. The van der Waals surface area contributed by atoms with Gasteiger partial charge in [0.1, 0.15) is 12.6 Å². The Morgan fingerprint density at radius 1 is 1.20 bits per heavy atom. The monoisotopic (exact) mass is 357 g/mol. The summed E-state index contributed by atoms with van der Waals surface area (Å²) in [5.41, 5.74) is 1.68. The number of hydrogen-bond donors (Lipinski definition) is 0. The molecule has 3 rings (SSSR count). The molecule has 1 saturated heterocycles. The first-order valence-corrected chi connectivity index (χ1v) is 8.88. The van der Waals surface area contributed by atoms with Crippen molar-refractivity contribution in [3.8, 4) is 0 Å².